The van der Waals surface area contributed by atoms with E-state index in [9.17, 15) is 4.79 Å². The molecule has 1 aliphatic rings. The molecule has 1 unspecified atom stereocenters. The van der Waals surface area contributed by atoms with Gasteiger partial charge in [0.05, 0.1) is 5.70 Å². The predicted octanol–water partition coefficient (Wildman–Crippen LogP) is 2.47. The highest BCUT2D eigenvalue weighted by Gasteiger charge is 2.27. The summed E-state index contributed by atoms with van der Waals surface area (Å²) in [5.74, 6) is 1.05. The zero-order valence-electron chi connectivity index (χ0n) is 11.3. The number of rotatable bonds is 6. The van der Waals surface area contributed by atoms with Gasteiger partial charge in [-0.3, -0.25) is 4.79 Å². The topological polar surface area (TPSA) is 41.1 Å². The normalized spacial score (nSPS) is 18.5. The van der Waals surface area contributed by atoms with Gasteiger partial charge in [0, 0.05) is 12.5 Å². The van der Waals surface area contributed by atoms with Crippen LogP contribution in [0, 0.1) is 0 Å². The molecule has 0 saturated heterocycles. The van der Waals surface area contributed by atoms with E-state index in [1.807, 2.05) is 18.2 Å². The van der Waals surface area contributed by atoms with Crippen molar-refractivity contribution in [3.05, 3.63) is 47.7 Å². The summed E-state index contributed by atoms with van der Waals surface area (Å²) < 4.78 is 6.44. The molecule has 2 rings (SSSR count). The van der Waals surface area contributed by atoms with Crippen molar-refractivity contribution in [1.29, 1.82) is 0 Å². The van der Waals surface area contributed by atoms with Crippen LogP contribution in [0.4, 0.5) is 0 Å². The van der Waals surface area contributed by atoms with Gasteiger partial charge in [0.1, 0.15) is 0 Å². The first-order valence-corrected chi connectivity index (χ1v) is 8.20. The predicted molar refractivity (Wildman–Crippen MR) is 81.3 cm³/mol. The average molecular weight is 277 g/mol. The summed E-state index contributed by atoms with van der Waals surface area (Å²) in [4.78, 5) is 11.7. The Balaban J connectivity index is 1.91. The van der Waals surface area contributed by atoms with Crippen LogP contribution in [0.25, 0.3) is 0 Å². The van der Waals surface area contributed by atoms with Crippen LogP contribution < -0.4 is 9.44 Å². The second-order valence-corrected chi connectivity index (χ2v) is 6.30. The van der Waals surface area contributed by atoms with Crippen molar-refractivity contribution in [2.75, 3.05) is 5.75 Å². The van der Waals surface area contributed by atoms with Crippen LogP contribution >= 0.6 is 0 Å². The van der Waals surface area contributed by atoms with Crippen LogP contribution in [0.3, 0.4) is 0 Å². The minimum atomic E-state index is -0.198. The van der Waals surface area contributed by atoms with Crippen LogP contribution in [-0.4, -0.2) is 11.7 Å². The van der Waals surface area contributed by atoms with Crippen LogP contribution in [0.1, 0.15) is 31.7 Å². The van der Waals surface area contributed by atoms with Crippen LogP contribution in [0.5, 0.6) is 0 Å². The summed E-state index contributed by atoms with van der Waals surface area (Å²) in [7, 11) is 0. The molecule has 1 aromatic rings. The first kappa shape index (κ1) is 14.0. The van der Waals surface area contributed by atoms with E-state index in [-0.39, 0.29) is 17.2 Å². The Hall–Kier alpha value is -1.42. The van der Waals surface area contributed by atoms with Crippen molar-refractivity contribution in [3.8, 4) is 0 Å². The third-order valence-electron chi connectivity index (χ3n) is 2.97. The van der Waals surface area contributed by atoms with Crippen molar-refractivity contribution in [3.63, 3.8) is 0 Å². The maximum Gasteiger partial charge on any atom is 0.288 e. The van der Waals surface area contributed by atoms with Gasteiger partial charge in [-0.15, -0.1) is 4.72 Å². The molecule has 0 aliphatic carbocycles. The molecule has 1 amide bonds. The van der Waals surface area contributed by atoms with Crippen molar-refractivity contribution in [2.45, 2.75) is 32.6 Å². The van der Waals surface area contributed by atoms with Crippen LogP contribution in [-0.2, 0) is 22.5 Å². The van der Waals surface area contributed by atoms with E-state index >= 15 is 0 Å². The summed E-state index contributed by atoms with van der Waals surface area (Å²) in [5.41, 5.74) is 2.25. The molecular formula is C15H21N2OS+. The fourth-order valence-electron chi connectivity index (χ4n) is 2.02. The van der Waals surface area contributed by atoms with Crippen molar-refractivity contribution >= 4 is 17.2 Å². The Kier molecular flexibility index (Phi) is 5.33. The number of nitrogens with one attached hydrogen (secondary N) is 2. The van der Waals surface area contributed by atoms with E-state index in [1.165, 1.54) is 18.4 Å². The number of carbonyl (C=O) groups is 1. The van der Waals surface area contributed by atoms with Crippen LogP contribution in [0.2, 0.25) is 0 Å². The van der Waals surface area contributed by atoms with Crippen molar-refractivity contribution < 1.29 is 4.79 Å². The zero-order valence-corrected chi connectivity index (χ0v) is 12.1. The molecular weight excluding hydrogens is 256 g/mol. The Morgan fingerprint density at radius 3 is 2.63 bits per heavy atom. The second kappa shape index (κ2) is 7.24. The minimum Gasteiger partial charge on any atom is -0.266 e. The van der Waals surface area contributed by atoms with Gasteiger partial charge in [0.25, 0.3) is 5.91 Å². The largest absolute Gasteiger partial charge is 0.288 e. The molecule has 1 aromatic carbocycles. The Labute approximate surface area is 118 Å². The SMILES string of the molecule is CCCCC[S+]1NC(=O)C=C(Cc2ccccc2)N1. The molecule has 1 atom stereocenters. The van der Waals surface area contributed by atoms with Gasteiger partial charge in [-0.2, -0.15) is 4.72 Å². The van der Waals surface area contributed by atoms with Gasteiger partial charge in [0.15, 0.2) is 5.75 Å². The van der Waals surface area contributed by atoms with Gasteiger partial charge >= 0.3 is 0 Å². The van der Waals surface area contributed by atoms with Crippen molar-refractivity contribution in [2.24, 2.45) is 0 Å². The lowest BCUT2D eigenvalue weighted by molar-refractivity contribution is -0.114. The number of allylic oxidation sites excluding steroid dienone is 1. The second-order valence-electron chi connectivity index (χ2n) is 4.70. The Morgan fingerprint density at radius 1 is 1.11 bits per heavy atom. The fraction of sp³-hybridized carbons (Fsp3) is 0.400. The highest BCUT2D eigenvalue weighted by molar-refractivity contribution is 7.93. The summed E-state index contributed by atoms with van der Waals surface area (Å²) in [5, 5.41) is 0. The van der Waals surface area contributed by atoms with Gasteiger partial charge in [-0.25, -0.2) is 0 Å². The molecule has 3 nitrogen and oxygen atoms in total. The first-order valence-electron chi connectivity index (χ1n) is 6.80. The Bertz CT molecular complexity index is 445. The molecule has 0 aromatic heterocycles. The third-order valence-corrected chi connectivity index (χ3v) is 4.63. The lowest BCUT2D eigenvalue weighted by Crippen LogP contribution is -2.45. The lowest BCUT2D eigenvalue weighted by Gasteiger charge is -2.16. The number of amides is 1. The standard InChI is InChI=1S/C15H20N2OS/c1-2-3-7-10-19-16-14(12-15(18)17-19)11-13-8-5-4-6-9-13/h4-6,8-9,12H,2-3,7,10-11H2,1H3,(H,16,17,18)/p+1. The van der Waals surface area contributed by atoms with E-state index < -0.39 is 0 Å². The number of unbranched alkanes of at least 4 members (excludes halogenated alkanes) is 2. The van der Waals surface area contributed by atoms with E-state index in [2.05, 4.69) is 28.5 Å². The number of benzene rings is 1. The molecule has 0 radical (unpaired) electrons. The zero-order chi connectivity index (χ0) is 13.5. The smallest absolute Gasteiger partial charge is 0.266 e. The van der Waals surface area contributed by atoms with Gasteiger partial charge in [-0.05, 0) is 18.4 Å². The maximum atomic E-state index is 11.7. The Morgan fingerprint density at radius 2 is 1.89 bits per heavy atom. The highest BCUT2D eigenvalue weighted by atomic mass is 32.2. The lowest BCUT2D eigenvalue weighted by atomic mass is 10.1. The summed E-state index contributed by atoms with van der Waals surface area (Å²) in [6.07, 6.45) is 6.06. The van der Waals surface area contributed by atoms with E-state index in [0.717, 1.165) is 24.3 Å². The molecule has 19 heavy (non-hydrogen) atoms. The van der Waals surface area contributed by atoms with Gasteiger partial charge < -0.3 is 0 Å². The molecule has 0 bridgehead atoms. The number of carbonyl (C=O) groups excluding carboxylic acids is 1. The van der Waals surface area contributed by atoms with E-state index in [4.69, 9.17) is 0 Å². The van der Waals surface area contributed by atoms with E-state index in [0.29, 0.717) is 0 Å². The molecule has 2 N–H and O–H groups in total. The molecule has 1 heterocycles. The average Bonchev–Trinajstić information content (AvgIpc) is 2.39. The molecule has 4 heteroatoms. The van der Waals surface area contributed by atoms with E-state index in [1.54, 1.807) is 6.08 Å². The van der Waals surface area contributed by atoms with Gasteiger partial charge in [-0.1, -0.05) is 43.7 Å². The quantitative estimate of drug-likeness (QED) is 0.619. The van der Waals surface area contributed by atoms with Gasteiger partial charge in [0.2, 0.25) is 11.3 Å². The molecule has 1 aliphatic heterocycles. The molecule has 0 spiro atoms. The summed E-state index contributed by atoms with van der Waals surface area (Å²) >= 11 is -0.198. The van der Waals surface area contributed by atoms with Crippen LogP contribution in [0.15, 0.2) is 42.1 Å². The molecule has 0 fully saturated rings. The maximum absolute atomic E-state index is 11.7. The summed E-state index contributed by atoms with van der Waals surface area (Å²) in [6.45, 7) is 2.19. The third kappa shape index (κ3) is 4.63. The highest BCUT2D eigenvalue weighted by Crippen LogP contribution is 2.11. The monoisotopic (exact) mass is 277 g/mol. The number of hydrogen-bond donors (Lipinski definition) is 2. The number of hydrogen-bond acceptors (Lipinski definition) is 2. The minimum absolute atomic E-state index is 0.0320. The molecule has 0 saturated carbocycles. The fourth-order valence-corrected chi connectivity index (χ4v) is 3.52. The first-order chi connectivity index (χ1) is 9.28. The van der Waals surface area contributed by atoms with Crippen molar-refractivity contribution in [1.82, 2.24) is 9.44 Å². The molecule has 102 valence electrons. The summed E-state index contributed by atoms with van der Waals surface area (Å²) in [6, 6.07) is 10.2.